The zero-order chi connectivity index (χ0) is 22.4. The number of benzene rings is 2. The van der Waals surface area contributed by atoms with Crippen molar-refractivity contribution in [2.75, 3.05) is 20.3 Å². The summed E-state index contributed by atoms with van der Waals surface area (Å²) >= 11 is 0. The van der Waals surface area contributed by atoms with Crippen LogP contribution in [-0.2, 0) is 19.1 Å². The zero-order valence-electron chi connectivity index (χ0n) is 17.7. The normalized spacial score (nSPS) is 16.9. The number of ketones is 1. The van der Waals surface area contributed by atoms with Crippen molar-refractivity contribution in [1.82, 2.24) is 5.32 Å². The third-order valence-corrected chi connectivity index (χ3v) is 5.00. The van der Waals surface area contributed by atoms with Gasteiger partial charge in [-0.05, 0) is 37.6 Å². The monoisotopic (exact) mass is 423 g/mol. The summed E-state index contributed by atoms with van der Waals surface area (Å²) in [6, 6.07) is 15.0. The van der Waals surface area contributed by atoms with Crippen LogP contribution in [-0.4, -0.2) is 43.6 Å². The van der Waals surface area contributed by atoms with E-state index in [1.165, 1.54) is 6.08 Å². The highest BCUT2D eigenvalue weighted by molar-refractivity contribution is 6.15. The number of nitrogens with one attached hydrogen (secondary N) is 1. The van der Waals surface area contributed by atoms with Gasteiger partial charge in [0.1, 0.15) is 5.75 Å². The number of methoxy groups -OCH3 is 1. The number of hydrogen-bond acceptors (Lipinski definition) is 7. The molecule has 0 amide bonds. The Morgan fingerprint density at radius 2 is 1.48 bits per heavy atom. The molecule has 1 aliphatic rings. The van der Waals surface area contributed by atoms with Gasteiger partial charge in [-0.25, -0.2) is 9.59 Å². The van der Waals surface area contributed by atoms with Crippen LogP contribution in [0.25, 0.3) is 0 Å². The predicted molar refractivity (Wildman–Crippen MR) is 114 cm³/mol. The molecular formula is C24H25NO6. The van der Waals surface area contributed by atoms with Gasteiger partial charge in [0.2, 0.25) is 5.54 Å². The lowest BCUT2D eigenvalue weighted by Crippen LogP contribution is -2.56. The topological polar surface area (TPSA) is 90.9 Å². The standard InChI is InChI=1S/C24H25NO6/c1-4-30-22(27)24(23(28)31-5-2)15-19(21(26)17-9-7-6-8-10-17)20(25-24)16-11-13-18(29-3)14-12-16/h6-15,20,25H,4-5H2,1-3H3/t20-/m0/s1. The smallest absolute Gasteiger partial charge is 0.342 e. The number of hydrogen-bond donors (Lipinski definition) is 1. The number of ether oxygens (including phenoxy) is 3. The summed E-state index contributed by atoms with van der Waals surface area (Å²) in [7, 11) is 1.56. The van der Waals surface area contributed by atoms with E-state index in [9.17, 15) is 14.4 Å². The van der Waals surface area contributed by atoms with Gasteiger partial charge in [-0.2, -0.15) is 0 Å². The van der Waals surface area contributed by atoms with Gasteiger partial charge < -0.3 is 14.2 Å². The third-order valence-electron chi connectivity index (χ3n) is 5.00. The molecule has 0 unspecified atom stereocenters. The molecule has 0 saturated carbocycles. The van der Waals surface area contributed by atoms with Gasteiger partial charge in [-0.1, -0.05) is 42.5 Å². The molecule has 7 heteroatoms. The van der Waals surface area contributed by atoms with Crippen LogP contribution in [0.3, 0.4) is 0 Å². The van der Waals surface area contributed by atoms with Gasteiger partial charge >= 0.3 is 11.9 Å². The second kappa shape index (κ2) is 9.57. The number of carbonyl (C=O) groups is 3. The molecule has 2 aromatic carbocycles. The predicted octanol–water partition coefficient (Wildman–Crippen LogP) is 3.01. The quantitative estimate of drug-likeness (QED) is 0.396. The summed E-state index contributed by atoms with van der Waals surface area (Å²) in [5.41, 5.74) is -0.530. The van der Waals surface area contributed by atoms with Crippen LogP contribution in [0.5, 0.6) is 5.75 Å². The minimum absolute atomic E-state index is 0.0741. The fourth-order valence-corrected chi connectivity index (χ4v) is 3.48. The lowest BCUT2D eigenvalue weighted by Gasteiger charge is -2.26. The summed E-state index contributed by atoms with van der Waals surface area (Å²) in [5.74, 6) is -1.29. The van der Waals surface area contributed by atoms with E-state index in [1.54, 1.807) is 75.6 Å². The van der Waals surface area contributed by atoms with Crippen molar-refractivity contribution in [3.63, 3.8) is 0 Å². The number of rotatable bonds is 8. The molecule has 2 aromatic rings. The van der Waals surface area contributed by atoms with Crippen LogP contribution >= 0.6 is 0 Å². The largest absolute Gasteiger partial charge is 0.497 e. The first kappa shape index (κ1) is 22.2. The fourth-order valence-electron chi connectivity index (χ4n) is 3.48. The first-order valence-corrected chi connectivity index (χ1v) is 10.0. The van der Waals surface area contributed by atoms with Crippen molar-refractivity contribution in [3.05, 3.63) is 77.4 Å². The van der Waals surface area contributed by atoms with Gasteiger partial charge in [0.25, 0.3) is 0 Å². The molecule has 7 nitrogen and oxygen atoms in total. The van der Waals surface area contributed by atoms with Crippen LogP contribution < -0.4 is 10.1 Å². The first-order valence-electron chi connectivity index (χ1n) is 10.0. The third kappa shape index (κ3) is 4.36. The Kier molecular flexibility index (Phi) is 6.87. The molecule has 31 heavy (non-hydrogen) atoms. The Balaban J connectivity index is 2.12. The highest BCUT2D eigenvalue weighted by Crippen LogP contribution is 2.37. The van der Waals surface area contributed by atoms with Crippen LogP contribution in [0, 0.1) is 0 Å². The molecule has 0 radical (unpaired) electrons. The van der Waals surface area contributed by atoms with E-state index in [1.807, 2.05) is 0 Å². The molecule has 0 spiro atoms. The van der Waals surface area contributed by atoms with Crippen LogP contribution in [0.15, 0.2) is 66.2 Å². The van der Waals surface area contributed by atoms with E-state index in [4.69, 9.17) is 14.2 Å². The van der Waals surface area contributed by atoms with E-state index >= 15 is 0 Å². The second-order valence-corrected chi connectivity index (χ2v) is 6.89. The molecule has 0 aromatic heterocycles. The van der Waals surface area contributed by atoms with E-state index in [0.29, 0.717) is 16.9 Å². The van der Waals surface area contributed by atoms with Crippen LogP contribution in [0.2, 0.25) is 0 Å². The Labute approximate surface area is 181 Å². The van der Waals surface area contributed by atoms with E-state index < -0.39 is 23.5 Å². The maximum Gasteiger partial charge on any atom is 0.342 e. The first-order chi connectivity index (χ1) is 15.0. The van der Waals surface area contributed by atoms with E-state index in [0.717, 1.165) is 0 Å². The van der Waals surface area contributed by atoms with Crippen molar-refractivity contribution < 1.29 is 28.6 Å². The van der Waals surface area contributed by atoms with Crippen molar-refractivity contribution in [3.8, 4) is 5.75 Å². The Morgan fingerprint density at radius 3 is 2.00 bits per heavy atom. The summed E-state index contributed by atoms with van der Waals surface area (Å²) in [4.78, 5) is 39.2. The van der Waals surface area contributed by atoms with E-state index in [-0.39, 0.29) is 24.6 Å². The Bertz CT molecular complexity index is 963. The molecular weight excluding hydrogens is 398 g/mol. The number of Topliss-reactive ketones (excluding diaryl/α,β-unsaturated/α-hetero) is 1. The van der Waals surface area contributed by atoms with E-state index in [2.05, 4.69) is 5.32 Å². The lowest BCUT2D eigenvalue weighted by atomic mass is 9.93. The van der Waals surface area contributed by atoms with Crippen molar-refractivity contribution in [1.29, 1.82) is 0 Å². The maximum absolute atomic E-state index is 13.4. The molecule has 0 saturated heterocycles. The Morgan fingerprint density at radius 1 is 0.903 bits per heavy atom. The molecule has 0 fully saturated rings. The summed E-state index contributed by atoms with van der Waals surface area (Å²) in [5, 5.41) is 3.02. The molecule has 1 N–H and O–H groups in total. The second-order valence-electron chi connectivity index (χ2n) is 6.89. The number of carbonyl (C=O) groups excluding carboxylic acids is 3. The zero-order valence-corrected chi connectivity index (χ0v) is 17.7. The van der Waals surface area contributed by atoms with Crippen molar-refractivity contribution in [2.45, 2.75) is 25.4 Å². The maximum atomic E-state index is 13.4. The Hall–Kier alpha value is -3.45. The molecule has 162 valence electrons. The molecule has 0 bridgehead atoms. The average molecular weight is 423 g/mol. The molecule has 3 rings (SSSR count). The summed E-state index contributed by atoms with van der Waals surface area (Å²) in [6.07, 6.45) is 1.34. The van der Waals surface area contributed by atoms with Gasteiger partial charge in [-0.3, -0.25) is 10.1 Å². The molecule has 1 atom stereocenters. The lowest BCUT2D eigenvalue weighted by molar-refractivity contribution is -0.162. The highest BCUT2D eigenvalue weighted by Gasteiger charge is 2.54. The van der Waals surface area contributed by atoms with Gasteiger partial charge in [0.05, 0.1) is 26.4 Å². The van der Waals surface area contributed by atoms with Gasteiger partial charge in [-0.15, -0.1) is 0 Å². The minimum Gasteiger partial charge on any atom is -0.497 e. The summed E-state index contributed by atoms with van der Waals surface area (Å²) < 4.78 is 15.6. The van der Waals surface area contributed by atoms with Crippen molar-refractivity contribution in [2.24, 2.45) is 0 Å². The average Bonchev–Trinajstić information content (AvgIpc) is 3.22. The van der Waals surface area contributed by atoms with Crippen LogP contribution in [0.1, 0.15) is 35.8 Å². The van der Waals surface area contributed by atoms with Gasteiger partial charge in [0.15, 0.2) is 5.78 Å². The molecule has 1 aliphatic heterocycles. The minimum atomic E-state index is -1.92. The molecule has 1 heterocycles. The molecule has 0 aliphatic carbocycles. The fraction of sp³-hybridized carbons (Fsp3) is 0.292. The SMILES string of the molecule is CCOC(=O)C1(C(=O)OCC)C=C(C(=O)c2ccccc2)[C@H](c2ccc(OC)cc2)N1. The number of esters is 2. The highest BCUT2D eigenvalue weighted by atomic mass is 16.6. The van der Waals surface area contributed by atoms with Crippen molar-refractivity contribution >= 4 is 17.7 Å². The van der Waals surface area contributed by atoms with Crippen LogP contribution in [0.4, 0.5) is 0 Å². The summed E-state index contributed by atoms with van der Waals surface area (Å²) in [6.45, 7) is 3.44. The van der Waals surface area contributed by atoms with Gasteiger partial charge in [0, 0.05) is 11.1 Å².